The van der Waals surface area contributed by atoms with Gasteiger partial charge in [0.05, 0.1) is 18.7 Å². The maximum atomic E-state index is 13.2. The Bertz CT molecular complexity index is 876. The highest BCUT2D eigenvalue weighted by atomic mass is 19.1. The van der Waals surface area contributed by atoms with Crippen molar-refractivity contribution in [1.82, 2.24) is 9.88 Å². The summed E-state index contributed by atoms with van der Waals surface area (Å²) in [5, 5.41) is 2.53. The molecule has 7 nitrogen and oxygen atoms in total. The summed E-state index contributed by atoms with van der Waals surface area (Å²) in [7, 11) is 1.47. The smallest absolute Gasteiger partial charge is 0.340 e. The first-order valence-electron chi connectivity index (χ1n) is 8.41. The zero-order chi connectivity index (χ0) is 20.1. The van der Waals surface area contributed by atoms with Crippen LogP contribution in [0.1, 0.15) is 39.0 Å². The number of aromatic amines is 1. The SMILES string of the molecule is CCOC(=O)c1c(C)[nH]c(C(=O)N(C)CC(=O)Nc2cccc(F)c2)c1C. The Hall–Kier alpha value is -3.16. The highest BCUT2D eigenvalue weighted by Crippen LogP contribution is 2.20. The van der Waals surface area contributed by atoms with E-state index < -0.39 is 23.6 Å². The fourth-order valence-electron chi connectivity index (χ4n) is 2.72. The number of aromatic nitrogens is 1. The number of carbonyl (C=O) groups excluding carboxylic acids is 3. The van der Waals surface area contributed by atoms with Crippen molar-refractivity contribution in [3.8, 4) is 0 Å². The Balaban J connectivity index is 2.10. The number of anilines is 1. The summed E-state index contributed by atoms with van der Waals surface area (Å²) in [6.07, 6.45) is 0. The van der Waals surface area contributed by atoms with E-state index in [9.17, 15) is 18.8 Å². The van der Waals surface area contributed by atoms with Gasteiger partial charge in [-0.3, -0.25) is 9.59 Å². The third-order valence-corrected chi connectivity index (χ3v) is 3.97. The van der Waals surface area contributed by atoms with E-state index in [1.54, 1.807) is 26.8 Å². The number of likely N-dealkylation sites (N-methyl/N-ethyl adjacent to an activating group) is 1. The molecule has 0 radical (unpaired) electrons. The van der Waals surface area contributed by atoms with Crippen molar-refractivity contribution in [2.24, 2.45) is 0 Å². The monoisotopic (exact) mass is 375 g/mol. The molecular weight excluding hydrogens is 353 g/mol. The zero-order valence-electron chi connectivity index (χ0n) is 15.7. The molecule has 0 aliphatic rings. The molecule has 0 saturated carbocycles. The van der Waals surface area contributed by atoms with E-state index in [0.717, 1.165) is 0 Å². The van der Waals surface area contributed by atoms with Crippen LogP contribution in [0.25, 0.3) is 0 Å². The van der Waals surface area contributed by atoms with Gasteiger partial charge < -0.3 is 19.9 Å². The molecule has 0 spiro atoms. The third kappa shape index (κ3) is 4.72. The molecular formula is C19H22FN3O4. The Kier molecular flexibility index (Phi) is 6.33. The number of ether oxygens (including phenoxy) is 1. The second-order valence-electron chi connectivity index (χ2n) is 6.07. The van der Waals surface area contributed by atoms with Gasteiger partial charge in [0.2, 0.25) is 5.91 Å². The molecule has 2 amide bonds. The van der Waals surface area contributed by atoms with Crippen molar-refractivity contribution in [3.63, 3.8) is 0 Å². The largest absolute Gasteiger partial charge is 0.462 e. The number of hydrogen-bond acceptors (Lipinski definition) is 4. The summed E-state index contributed by atoms with van der Waals surface area (Å²) >= 11 is 0. The lowest BCUT2D eigenvalue weighted by Crippen LogP contribution is -2.35. The molecule has 1 aromatic heterocycles. The van der Waals surface area contributed by atoms with E-state index in [2.05, 4.69) is 10.3 Å². The molecule has 1 aromatic carbocycles. The molecule has 27 heavy (non-hydrogen) atoms. The normalized spacial score (nSPS) is 10.4. The van der Waals surface area contributed by atoms with E-state index in [-0.39, 0.29) is 18.8 Å². The lowest BCUT2D eigenvalue weighted by molar-refractivity contribution is -0.116. The van der Waals surface area contributed by atoms with Crippen LogP contribution in [-0.4, -0.2) is 47.9 Å². The number of esters is 1. The number of aryl methyl sites for hydroxylation is 1. The van der Waals surface area contributed by atoms with E-state index in [1.165, 1.54) is 30.1 Å². The number of nitrogens with zero attached hydrogens (tertiary/aromatic N) is 1. The van der Waals surface area contributed by atoms with E-state index in [4.69, 9.17) is 4.74 Å². The number of nitrogens with one attached hydrogen (secondary N) is 2. The van der Waals surface area contributed by atoms with Crippen LogP contribution in [0.5, 0.6) is 0 Å². The van der Waals surface area contributed by atoms with Crippen molar-refractivity contribution >= 4 is 23.5 Å². The predicted octanol–water partition coefficient (Wildman–Crippen LogP) is 2.66. The van der Waals surface area contributed by atoms with E-state index in [0.29, 0.717) is 22.5 Å². The summed E-state index contributed by atoms with van der Waals surface area (Å²) in [5.41, 5.74) is 1.83. The van der Waals surface area contributed by atoms with Gasteiger partial charge in [-0.25, -0.2) is 9.18 Å². The van der Waals surface area contributed by atoms with E-state index in [1.807, 2.05) is 0 Å². The van der Waals surface area contributed by atoms with Crippen molar-refractivity contribution in [2.75, 3.05) is 25.5 Å². The number of rotatable bonds is 6. The molecule has 0 saturated heterocycles. The predicted molar refractivity (Wildman–Crippen MR) is 98.2 cm³/mol. The van der Waals surface area contributed by atoms with E-state index >= 15 is 0 Å². The van der Waals surface area contributed by atoms with Gasteiger partial charge in [0, 0.05) is 18.4 Å². The number of benzene rings is 1. The first-order chi connectivity index (χ1) is 12.7. The number of H-pyrrole nitrogens is 1. The molecule has 0 bridgehead atoms. The number of halogens is 1. The van der Waals surface area contributed by atoms with Gasteiger partial charge >= 0.3 is 5.97 Å². The van der Waals surface area contributed by atoms with Gasteiger partial charge in [0.1, 0.15) is 11.5 Å². The minimum Gasteiger partial charge on any atom is -0.462 e. The third-order valence-electron chi connectivity index (χ3n) is 3.97. The van der Waals surface area contributed by atoms with Crippen LogP contribution in [0, 0.1) is 19.7 Å². The Morgan fingerprint density at radius 3 is 2.59 bits per heavy atom. The number of carbonyl (C=O) groups is 3. The summed E-state index contributed by atoms with van der Waals surface area (Å²) in [6.45, 7) is 5.01. The fourth-order valence-corrected chi connectivity index (χ4v) is 2.72. The second-order valence-corrected chi connectivity index (χ2v) is 6.07. The molecule has 0 unspecified atom stereocenters. The maximum Gasteiger partial charge on any atom is 0.340 e. The Morgan fingerprint density at radius 2 is 1.96 bits per heavy atom. The molecule has 0 aliphatic carbocycles. The number of hydrogen-bond donors (Lipinski definition) is 2. The quantitative estimate of drug-likeness (QED) is 0.760. The van der Waals surface area contributed by atoms with Crippen molar-refractivity contribution in [3.05, 3.63) is 52.6 Å². The highest BCUT2D eigenvalue weighted by molar-refractivity contribution is 6.02. The summed E-state index contributed by atoms with van der Waals surface area (Å²) in [4.78, 5) is 40.9. The summed E-state index contributed by atoms with van der Waals surface area (Å²) in [5.74, 6) is -1.89. The van der Waals surface area contributed by atoms with Gasteiger partial charge in [-0.2, -0.15) is 0 Å². The van der Waals surface area contributed by atoms with Crippen LogP contribution >= 0.6 is 0 Å². The first kappa shape index (κ1) is 20.2. The average Bonchev–Trinajstić information content (AvgIpc) is 2.88. The fraction of sp³-hybridized carbons (Fsp3) is 0.316. The summed E-state index contributed by atoms with van der Waals surface area (Å²) < 4.78 is 18.2. The van der Waals surface area contributed by atoms with Crippen molar-refractivity contribution < 1.29 is 23.5 Å². The molecule has 144 valence electrons. The Morgan fingerprint density at radius 1 is 1.26 bits per heavy atom. The molecule has 1 heterocycles. The Labute approximate surface area is 156 Å². The van der Waals surface area contributed by atoms with Crippen LogP contribution < -0.4 is 5.32 Å². The highest BCUT2D eigenvalue weighted by Gasteiger charge is 2.25. The van der Waals surface area contributed by atoms with Crippen LogP contribution in [0.4, 0.5) is 10.1 Å². The first-order valence-corrected chi connectivity index (χ1v) is 8.41. The molecule has 0 fully saturated rings. The molecule has 8 heteroatoms. The molecule has 2 rings (SSSR count). The minimum absolute atomic E-state index is 0.219. The number of amides is 2. The summed E-state index contributed by atoms with van der Waals surface area (Å²) in [6, 6.07) is 5.47. The average molecular weight is 375 g/mol. The molecule has 0 aliphatic heterocycles. The minimum atomic E-state index is -0.505. The van der Waals surface area contributed by atoms with Crippen LogP contribution in [-0.2, 0) is 9.53 Å². The van der Waals surface area contributed by atoms with Crippen LogP contribution in [0.2, 0.25) is 0 Å². The van der Waals surface area contributed by atoms with Gasteiger partial charge in [-0.15, -0.1) is 0 Å². The molecule has 0 atom stereocenters. The lowest BCUT2D eigenvalue weighted by Gasteiger charge is -2.16. The second kappa shape index (κ2) is 8.48. The standard InChI is InChI=1S/C19H22FN3O4/c1-5-27-19(26)16-11(2)17(21-12(16)3)18(25)23(4)10-15(24)22-14-8-6-7-13(20)9-14/h6-9,21H,5,10H2,1-4H3,(H,22,24). The van der Waals surface area contributed by atoms with Gasteiger partial charge in [0.25, 0.3) is 5.91 Å². The van der Waals surface area contributed by atoms with Crippen molar-refractivity contribution in [1.29, 1.82) is 0 Å². The van der Waals surface area contributed by atoms with Crippen molar-refractivity contribution in [2.45, 2.75) is 20.8 Å². The zero-order valence-corrected chi connectivity index (χ0v) is 15.7. The lowest BCUT2D eigenvalue weighted by atomic mass is 10.1. The topological polar surface area (TPSA) is 91.5 Å². The molecule has 2 N–H and O–H groups in total. The van der Waals surface area contributed by atoms with Gasteiger partial charge in [-0.1, -0.05) is 6.07 Å². The molecule has 2 aromatic rings. The van der Waals surface area contributed by atoms with Crippen LogP contribution in [0.15, 0.2) is 24.3 Å². The van der Waals surface area contributed by atoms with Crippen LogP contribution in [0.3, 0.4) is 0 Å². The maximum absolute atomic E-state index is 13.2. The van der Waals surface area contributed by atoms with Gasteiger partial charge in [-0.05, 0) is 44.5 Å². The van der Waals surface area contributed by atoms with Gasteiger partial charge in [0.15, 0.2) is 0 Å².